The van der Waals surface area contributed by atoms with Gasteiger partial charge in [-0.15, -0.1) is 11.8 Å². The van der Waals surface area contributed by atoms with E-state index in [4.69, 9.17) is 33.7 Å². The van der Waals surface area contributed by atoms with Gasteiger partial charge in [-0.1, -0.05) is 53.5 Å². The summed E-state index contributed by atoms with van der Waals surface area (Å²) in [5.41, 5.74) is 8.27. The Bertz CT molecular complexity index is 1330. The smallest absolute Gasteiger partial charge is 0.319 e. The van der Waals surface area contributed by atoms with Crippen LogP contribution in [0.4, 0.5) is 5.69 Å². The van der Waals surface area contributed by atoms with Gasteiger partial charge in [-0.05, 0) is 68.8 Å². The number of aliphatic carboxylic acids is 1. The number of thioether (sulfide) groups is 1. The molecule has 3 rings (SSSR count). The lowest BCUT2D eigenvalue weighted by Crippen LogP contribution is -2.32. The summed E-state index contributed by atoms with van der Waals surface area (Å²) < 4.78 is 4.94. The molecule has 0 aliphatic heterocycles. The summed E-state index contributed by atoms with van der Waals surface area (Å²) in [6, 6.07) is 21.9. The Labute approximate surface area is 242 Å². The Balaban J connectivity index is 1.79. The normalized spacial score (nSPS) is 11.9. The zero-order valence-electron chi connectivity index (χ0n) is 21.9. The molecule has 3 aromatic carbocycles. The van der Waals surface area contributed by atoms with Crippen LogP contribution in [0.1, 0.15) is 26.3 Å². The summed E-state index contributed by atoms with van der Waals surface area (Å²) in [7, 11) is 0. The average molecular weight is 589 g/mol. The summed E-state index contributed by atoms with van der Waals surface area (Å²) in [5.74, 6) is -0.631. The van der Waals surface area contributed by atoms with Gasteiger partial charge in [0.05, 0.1) is 17.3 Å². The topological polar surface area (TPSA) is 105 Å². The highest BCUT2D eigenvalue weighted by atomic mass is 35.5. The number of nitrogens with zero attached hydrogens (tertiary/aromatic N) is 1. The molecular weight excluding hydrogens is 557 g/mol. The van der Waals surface area contributed by atoms with Gasteiger partial charge in [-0.25, -0.2) is 0 Å². The molecule has 0 aliphatic carbocycles. The second-order valence-corrected chi connectivity index (χ2v) is 11.8. The maximum atomic E-state index is 13.0. The second kappa shape index (κ2) is 13.6. The van der Waals surface area contributed by atoms with Crippen LogP contribution in [0.3, 0.4) is 0 Å². The Morgan fingerprint density at radius 2 is 1.72 bits per heavy atom. The van der Waals surface area contributed by atoms with Crippen LogP contribution >= 0.6 is 35.0 Å². The molecule has 0 saturated heterocycles. The monoisotopic (exact) mass is 587 g/mol. The number of para-hydroxylation sites is 1. The summed E-state index contributed by atoms with van der Waals surface area (Å²) >= 11 is 13.4. The fraction of sp³-hybridized carbons (Fsp3) is 0.241. The van der Waals surface area contributed by atoms with E-state index in [0.717, 1.165) is 16.2 Å². The number of nitrogens with two attached hydrogens (primary N) is 1. The minimum Gasteiger partial charge on any atom is -0.492 e. The largest absolute Gasteiger partial charge is 0.492 e. The van der Waals surface area contributed by atoms with E-state index < -0.39 is 16.6 Å². The zero-order valence-corrected chi connectivity index (χ0v) is 24.2. The maximum absolute atomic E-state index is 13.0. The van der Waals surface area contributed by atoms with Gasteiger partial charge in [0.1, 0.15) is 22.8 Å². The van der Waals surface area contributed by atoms with Crippen molar-refractivity contribution in [1.29, 1.82) is 0 Å². The predicted octanol–water partition coefficient (Wildman–Crippen LogP) is 6.66. The first-order valence-corrected chi connectivity index (χ1v) is 13.7. The highest BCUT2D eigenvalue weighted by Crippen LogP contribution is 2.33. The molecule has 10 heteroatoms. The van der Waals surface area contributed by atoms with Crippen molar-refractivity contribution >= 4 is 52.5 Å². The lowest BCUT2D eigenvalue weighted by atomic mass is 10.2. The SMILES string of the molecule is C/C(=C(/N)C(=O)Nc1ccc(Cl)cc1Cl)N(CCOc1ccccc1)Cc1ccc(SC(C)(C)C(=O)O)cc1. The Kier molecular flexibility index (Phi) is 10.6. The number of allylic oxidation sites excluding steroid dienone is 1. The van der Waals surface area contributed by atoms with Crippen molar-refractivity contribution in [3.8, 4) is 5.75 Å². The van der Waals surface area contributed by atoms with E-state index in [1.165, 1.54) is 17.8 Å². The molecule has 0 bridgehead atoms. The number of hydrogen-bond acceptors (Lipinski definition) is 6. The van der Waals surface area contributed by atoms with Gasteiger partial charge in [-0.3, -0.25) is 9.59 Å². The zero-order chi connectivity index (χ0) is 28.6. The minimum atomic E-state index is -0.948. The van der Waals surface area contributed by atoms with Crippen LogP contribution in [0, 0.1) is 0 Å². The van der Waals surface area contributed by atoms with Crippen LogP contribution in [0.25, 0.3) is 0 Å². The van der Waals surface area contributed by atoms with Crippen LogP contribution < -0.4 is 15.8 Å². The molecule has 0 aliphatic rings. The van der Waals surface area contributed by atoms with E-state index in [0.29, 0.717) is 41.1 Å². The fourth-order valence-corrected chi connectivity index (χ4v) is 4.90. The molecule has 0 aromatic heterocycles. The number of carbonyl (C=O) groups is 2. The predicted molar refractivity (Wildman–Crippen MR) is 158 cm³/mol. The van der Waals surface area contributed by atoms with Crippen molar-refractivity contribution in [3.63, 3.8) is 0 Å². The standard InChI is InChI=1S/C29H31Cl2N3O4S/c1-19(26(32)27(35)33-25-14-11-21(30)17-24(25)31)34(15-16-38-22-7-5-4-6-8-22)18-20-9-12-23(13-10-20)39-29(2,3)28(36)37/h4-14,17H,15-16,18,32H2,1-3H3,(H,33,35)(H,36,37)/b26-19-. The number of carbonyl (C=O) groups excluding carboxylic acids is 1. The summed E-state index contributed by atoms with van der Waals surface area (Å²) in [4.78, 5) is 27.3. The van der Waals surface area contributed by atoms with E-state index in [1.54, 1.807) is 32.9 Å². The molecule has 0 spiro atoms. The summed E-state index contributed by atoms with van der Waals surface area (Å²) in [6.07, 6.45) is 0. The van der Waals surface area contributed by atoms with Crippen LogP contribution in [0.5, 0.6) is 5.75 Å². The number of amides is 1. The lowest BCUT2D eigenvalue weighted by molar-refractivity contribution is -0.138. The van der Waals surface area contributed by atoms with Gasteiger partial charge in [0.2, 0.25) is 0 Å². The quantitative estimate of drug-likeness (QED) is 0.161. The third kappa shape index (κ3) is 8.85. The molecule has 0 atom stereocenters. The Morgan fingerprint density at radius 1 is 1.05 bits per heavy atom. The summed E-state index contributed by atoms with van der Waals surface area (Å²) in [5, 5.41) is 12.9. The molecule has 0 fully saturated rings. The lowest BCUT2D eigenvalue weighted by Gasteiger charge is -2.27. The third-order valence-electron chi connectivity index (χ3n) is 5.85. The highest BCUT2D eigenvalue weighted by molar-refractivity contribution is 8.01. The molecule has 1 amide bonds. The van der Waals surface area contributed by atoms with Crippen molar-refractivity contribution in [3.05, 3.63) is 99.8 Å². The van der Waals surface area contributed by atoms with Crippen LogP contribution in [0.2, 0.25) is 10.0 Å². The minimum absolute atomic E-state index is 0.0381. The van der Waals surface area contributed by atoms with Crippen LogP contribution in [-0.2, 0) is 16.1 Å². The average Bonchev–Trinajstić information content (AvgIpc) is 2.90. The first-order valence-electron chi connectivity index (χ1n) is 12.1. The van der Waals surface area contributed by atoms with Crippen LogP contribution in [0.15, 0.2) is 89.1 Å². The molecule has 0 heterocycles. The van der Waals surface area contributed by atoms with Crippen molar-refractivity contribution in [2.75, 3.05) is 18.5 Å². The number of carboxylic acids is 1. The van der Waals surface area contributed by atoms with E-state index in [9.17, 15) is 14.7 Å². The van der Waals surface area contributed by atoms with Gasteiger partial charge >= 0.3 is 5.97 Å². The van der Waals surface area contributed by atoms with E-state index in [1.807, 2.05) is 59.5 Å². The molecule has 0 unspecified atom stereocenters. The summed E-state index contributed by atoms with van der Waals surface area (Å²) in [6.45, 7) is 6.38. The van der Waals surface area contributed by atoms with Gasteiger partial charge in [0, 0.05) is 22.2 Å². The molecule has 4 N–H and O–H groups in total. The number of anilines is 1. The highest BCUT2D eigenvalue weighted by Gasteiger charge is 2.28. The van der Waals surface area contributed by atoms with Crippen molar-refractivity contribution < 1.29 is 19.4 Å². The van der Waals surface area contributed by atoms with Gasteiger partial charge in [0.25, 0.3) is 5.91 Å². The number of rotatable bonds is 12. The van der Waals surface area contributed by atoms with E-state index in [2.05, 4.69) is 5.32 Å². The third-order valence-corrected chi connectivity index (χ3v) is 7.59. The van der Waals surface area contributed by atoms with Crippen molar-refractivity contribution in [1.82, 2.24) is 4.90 Å². The van der Waals surface area contributed by atoms with E-state index >= 15 is 0 Å². The van der Waals surface area contributed by atoms with Gasteiger partial charge in [0.15, 0.2) is 0 Å². The molecule has 7 nitrogen and oxygen atoms in total. The van der Waals surface area contributed by atoms with Gasteiger partial charge < -0.3 is 25.8 Å². The number of carboxylic acid groups (broad SMARTS) is 1. The van der Waals surface area contributed by atoms with Crippen molar-refractivity contribution in [2.24, 2.45) is 5.73 Å². The fourth-order valence-electron chi connectivity index (χ4n) is 3.49. The molecule has 39 heavy (non-hydrogen) atoms. The molecule has 0 saturated carbocycles. The van der Waals surface area contributed by atoms with Gasteiger partial charge in [-0.2, -0.15) is 0 Å². The number of halogens is 2. The number of nitrogens with one attached hydrogen (secondary N) is 1. The molecular formula is C29H31Cl2N3O4S. The Hall–Kier alpha value is -3.33. The first kappa shape index (κ1) is 30.2. The van der Waals surface area contributed by atoms with E-state index in [-0.39, 0.29) is 5.70 Å². The molecule has 3 aromatic rings. The number of benzene rings is 3. The number of hydrogen-bond donors (Lipinski definition) is 3. The first-order chi connectivity index (χ1) is 18.5. The Morgan fingerprint density at radius 3 is 2.33 bits per heavy atom. The maximum Gasteiger partial charge on any atom is 0.319 e. The van der Waals surface area contributed by atoms with Crippen molar-refractivity contribution in [2.45, 2.75) is 37.0 Å². The number of ether oxygens (including phenoxy) is 1. The van der Waals surface area contributed by atoms with Crippen LogP contribution in [-0.4, -0.2) is 39.8 Å². The second-order valence-electron chi connectivity index (χ2n) is 9.22. The molecule has 206 valence electrons. The molecule has 0 radical (unpaired) electrons.